The second kappa shape index (κ2) is 12.4. The summed E-state index contributed by atoms with van der Waals surface area (Å²) in [5.41, 5.74) is 0. The van der Waals surface area contributed by atoms with E-state index in [2.05, 4.69) is 51.9 Å². The van der Waals surface area contributed by atoms with Crippen molar-refractivity contribution in [3.63, 3.8) is 0 Å². The highest BCUT2D eigenvalue weighted by Gasteiger charge is 2.02. The summed E-state index contributed by atoms with van der Waals surface area (Å²) in [6, 6.07) is 4.20. The number of halogens is 1. The summed E-state index contributed by atoms with van der Waals surface area (Å²) in [5, 5.41) is 8.78. The molecule has 1 aromatic rings. The number of aliphatic imine (C=N–C) groups is 1. The second-order valence-electron chi connectivity index (χ2n) is 4.37. The molecule has 0 aliphatic heterocycles. The molecule has 0 aromatic carbocycles. The van der Waals surface area contributed by atoms with Gasteiger partial charge in [-0.15, -0.1) is 35.3 Å². The Morgan fingerprint density at radius 3 is 2.65 bits per heavy atom. The second-order valence-corrected chi connectivity index (χ2v) is 5.40. The smallest absolute Gasteiger partial charge is 0.191 e. The fraction of sp³-hybridized carbons (Fsp3) is 0.643. The van der Waals surface area contributed by atoms with Crippen LogP contribution in [0.1, 0.15) is 25.1 Å². The molecule has 0 fully saturated rings. The first kappa shape index (κ1) is 19.7. The molecule has 2 N–H and O–H groups in total. The first-order chi connectivity index (χ1) is 9.30. The Morgan fingerprint density at radius 1 is 1.30 bits per heavy atom. The minimum absolute atomic E-state index is 0. The Hall–Kier alpha value is -0.340. The summed E-state index contributed by atoms with van der Waals surface area (Å²) < 4.78 is 0. The Bertz CT molecular complexity index is 354. The molecule has 0 bridgehead atoms. The van der Waals surface area contributed by atoms with Crippen molar-refractivity contribution in [2.75, 3.05) is 33.2 Å². The van der Waals surface area contributed by atoms with Crippen LogP contribution < -0.4 is 10.6 Å². The van der Waals surface area contributed by atoms with E-state index in [1.807, 2.05) is 7.05 Å². The highest BCUT2D eigenvalue weighted by atomic mass is 127. The topological polar surface area (TPSA) is 39.7 Å². The summed E-state index contributed by atoms with van der Waals surface area (Å²) in [6.45, 7) is 9.53. The Balaban J connectivity index is 0.00000361. The highest BCUT2D eigenvalue weighted by Crippen LogP contribution is 2.06. The fourth-order valence-corrected chi connectivity index (χ4v) is 2.53. The molecule has 0 unspecified atom stereocenters. The Kier molecular flexibility index (Phi) is 12.2. The number of nitrogens with zero attached hydrogens (tertiary/aromatic N) is 2. The normalized spacial score (nSPS) is 11.3. The summed E-state index contributed by atoms with van der Waals surface area (Å²) in [4.78, 5) is 8.00. The van der Waals surface area contributed by atoms with Crippen LogP contribution in [0, 0.1) is 0 Å². The number of likely N-dealkylation sites (N-methyl/N-ethyl adjacent to an activating group) is 1. The summed E-state index contributed by atoms with van der Waals surface area (Å²) in [5.74, 6) is 0.876. The van der Waals surface area contributed by atoms with Gasteiger partial charge >= 0.3 is 0 Å². The molecule has 6 heteroatoms. The molecule has 4 nitrogen and oxygen atoms in total. The van der Waals surface area contributed by atoms with Gasteiger partial charge in [-0.05, 0) is 31.0 Å². The highest BCUT2D eigenvalue weighted by molar-refractivity contribution is 14.0. The standard InChI is InChI=1S/C14H26N4S.HI/c1-4-9-18(5-2)10-8-16-14(15-3)17-12-13-7-6-11-19-13;/h6-7,11H,4-5,8-10,12H2,1-3H3,(H2,15,16,17);1H. The van der Waals surface area contributed by atoms with Crippen LogP contribution in [0.15, 0.2) is 22.5 Å². The van der Waals surface area contributed by atoms with E-state index in [9.17, 15) is 0 Å². The molecule has 116 valence electrons. The van der Waals surface area contributed by atoms with Gasteiger partial charge in [-0.2, -0.15) is 0 Å². The average Bonchev–Trinajstić information content (AvgIpc) is 2.94. The molecule has 0 saturated carbocycles. The van der Waals surface area contributed by atoms with Gasteiger partial charge in [0.25, 0.3) is 0 Å². The van der Waals surface area contributed by atoms with E-state index in [0.29, 0.717) is 0 Å². The van der Waals surface area contributed by atoms with Crippen LogP contribution in [0.4, 0.5) is 0 Å². The van der Waals surface area contributed by atoms with Gasteiger partial charge < -0.3 is 15.5 Å². The lowest BCUT2D eigenvalue weighted by Gasteiger charge is -2.20. The van der Waals surface area contributed by atoms with Gasteiger partial charge in [-0.25, -0.2) is 0 Å². The molecular weight excluding hydrogens is 383 g/mol. The van der Waals surface area contributed by atoms with Crippen LogP contribution in [0.3, 0.4) is 0 Å². The number of thiophene rings is 1. The zero-order valence-electron chi connectivity index (χ0n) is 12.7. The van der Waals surface area contributed by atoms with Crippen LogP contribution >= 0.6 is 35.3 Å². The van der Waals surface area contributed by atoms with E-state index in [1.54, 1.807) is 11.3 Å². The maximum Gasteiger partial charge on any atom is 0.191 e. The monoisotopic (exact) mass is 410 g/mol. The van der Waals surface area contributed by atoms with Crippen LogP contribution in [-0.4, -0.2) is 44.1 Å². The van der Waals surface area contributed by atoms with Crippen molar-refractivity contribution in [2.45, 2.75) is 26.8 Å². The van der Waals surface area contributed by atoms with E-state index < -0.39 is 0 Å². The first-order valence-electron chi connectivity index (χ1n) is 6.99. The van der Waals surface area contributed by atoms with Gasteiger partial charge in [0.2, 0.25) is 0 Å². The third-order valence-electron chi connectivity index (χ3n) is 2.94. The third kappa shape index (κ3) is 8.06. The molecule has 0 radical (unpaired) electrons. The fourth-order valence-electron chi connectivity index (χ4n) is 1.88. The van der Waals surface area contributed by atoms with Crippen LogP contribution in [0.5, 0.6) is 0 Å². The van der Waals surface area contributed by atoms with Gasteiger partial charge in [0, 0.05) is 25.0 Å². The van der Waals surface area contributed by atoms with E-state index in [1.165, 1.54) is 17.8 Å². The van der Waals surface area contributed by atoms with Gasteiger partial charge in [0.15, 0.2) is 5.96 Å². The van der Waals surface area contributed by atoms with Crippen LogP contribution in [0.2, 0.25) is 0 Å². The van der Waals surface area contributed by atoms with E-state index in [0.717, 1.165) is 32.1 Å². The third-order valence-corrected chi connectivity index (χ3v) is 3.82. The van der Waals surface area contributed by atoms with E-state index in [-0.39, 0.29) is 24.0 Å². The van der Waals surface area contributed by atoms with Crippen molar-refractivity contribution in [2.24, 2.45) is 4.99 Å². The number of rotatable bonds is 8. The SMILES string of the molecule is CCCN(CC)CCNC(=NC)NCc1cccs1.I. The molecule has 0 spiro atoms. The van der Waals surface area contributed by atoms with Gasteiger partial charge in [-0.1, -0.05) is 19.9 Å². The Labute approximate surface area is 144 Å². The molecule has 1 heterocycles. The molecule has 1 aromatic heterocycles. The zero-order valence-corrected chi connectivity index (χ0v) is 15.8. The van der Waals surface area contributed by atoms with Crippen molar-refractivity contribution >= 4 is 41.3 Å². The van der Waals surface area contributed by atoms with E-state index >= 15 is 0 Å². The maximum atomic E-state index is 4.24. The number of nitrogens with one attached hydrogen (secondary N) is 2. The number of hydrogen-bond acceptors (Lipinski definition) is 3. The lowest BCUT2D eigenvalue weighted by Crippen LogP contribution is -2.41. The lowest BCUT2D eigenvalue weighted by molar-refractivity contribution is 0.293. The van der Waals surface area contributed by atoms with Crippen molar-refractivity contribution in [1.82, 2.24) is 15.5 Å². The Morgan fingerprint density at radius 2 is 2.10 bits per heavy atom. The van der Waals surface area contributed by atoms with Crippen LogP contribution in [-0.2, 0) is 6.54 Å². The minimum Gasteiger partial charge on any atom is -0.355 e. The largest absolute Gasteiger partial charge is 0.355 e. The van der Waals surface area contributed by atoms with Crippen LogP contribution in [0.25, 0.3) is 0 Å². The van der Waals surface area contributed by atoms with Crippen molar-refractivity contribution in [1.29, 1.82) is 0 Å². The number of guanidine groups is 1. The molecule has 0 aliphatic carbocycles. The molecular formula is C14H27IN4S. The first-order valence-corrected chi connectivity index (χ1v) is 7.87. The quantitative estimate of drug-likeness (QED) is 0.393. The predicted octanol–water partition coefficient (Wildman–Crippen LogP) is 2.76. The molecule has 0 saturated heterocycles. The summed E-state index contributed by atoms with van der Waals surface area (Å²) in [7, 11) is 1.81. The van der Waals surface area contributed by atoms with Gasteiger partial charge in [0.05, 0.1) is 6.54 Å². The minimum atomic E-state index is 0. The molecule has 0 aliphatic rings. The summed E-state index contributed by atoms with van der Waals surface area (Å²) >= 11 is 1.76. The van der Waals surface area contributed by atoms with E-state index in [4.69, 9.17) is 0 Å². The molecule has 20 heavy (non-hydrogen) atoms. The van der Waals surface area contributed by atoms with Crippen molar-refractivity contribution < 1.29 is 0 Å². The summed E-state index contributed by atoms with van der Waals surface area (Å²) in [6.07, 6.45) is 1.21. The van der Waals surface area contributed by atoms with Gasteiger partial charge in [-0.3, -0.25) is 4.99 Å². The van der Waals surface area contributed by atoms with Crippen molar-refractivity contribution in [3.8, 4) is 0 Å². The molecule has 1 rings (SSSR count). The average molecular weight is 410 g/mol. The predicted molar refractivity (Wildman–Crippen MR) is 100 cm³/mol. The molecule has 0 amide bonds. The molecule has 0 atom stereocenters. The maximum absolute atomic E-state index is 4.24. The lowest BCUT2D eigenvalue weighted by atomic mass is 10.4. The van der Waals surface area contributed by atoms with Gasteiger partial charge in [0.1, 0.15) is 0 Å². The number of hydrogen-bond donors (Lipinski definition) is 2. The zero-order chi connectivity index (χ0) is 13.9. The van der Waals surface area contributed by atoms with Crippen molar-refractivity contribution in [3.05, 3.63) is 22.4 Å².